The minimum Gasteiger partial charge on any atom is -0.493 e. The SMILES string of the molecule is COc1ccc([C@H]2CC(=O)C3=C(C2)NC(C)=C(C(=O)Nc2ccccc2C)[C@H]3c2cccs2)cc1OC. The van der Waals surface area contributed by atoms with Crippen molar-refractivity contribution in [1.29, 1.82) is 0 Å². The molecule has 3 aromatic rings. The van der Waals surface area contributed by atoms with E-state index < -0.39 is 5.92 Å². The van der Waals surface area contributed by atoms with E-state index in [1.807, 2.05) is 73.8 Å². The van der Waals surface area contributed by atoms with Crippen molar-refractivity contribution in [2.24, 2.45) is 0 Å². The van der Waals surface area contributed by atoms with Crippen LogP contribution in [0, 0.1) is 6.92 Å². The number of ether oxygens (including phenoxy) is 2. The Balaban J connectivity index is 1.51. The second kappa shape index (κ2) is 10.3. The number of anilines is 1. The molecular formula is C30H30N2O4S. The number of thiophene rings is 1. The number of allylic oxidation sites excluding steroid dienone is 3. The van der Waals surface area contributed by atoms with Crippen LogP contribution in [0.1, 0.15) is 47.6 Å². The van der Waals surface area contributed by atoms with Gasteiger partial charge in [0.2, 0.25) is 0 Å². The van der Waals surface area contributed by atoms with Crippen LogP contribution in [0.25, 0.3) is 0 Å². The molecule has 0 fully saturated rings. The molecule has 1 aliphatic heterocycles. The summed E-state index contributed by atoms with van der Waals surface area (Å²) in [5, 5.41) is 8.52. The molecule has 0 radical (unpaired) electrons. The normalized spacial score (nSPS) is 19.3. The third-order valence-corrected chi connectivity index (χ3v) is 8.11. The summed E-state index contributed by atoms with van der Waals surface area (Å²) in [6.45, 7) is 3.88. The van der Waals surface area contributed by atoms with E-state index in [9.17, 15) is 9.59 Å². The van der Waals surface area contributed by atoms with Gasteiger partial charge >= 0.3 is 0 Å². The van der Waals surface area contributed by atoms with Crippen molar-refractivity contribution in [2.75, 3.05) is 19.5 Å². The van der Waals surface area contributed by atoms with Gasteiger partial charge in [-0.05, 0) is 67.0 Å². The maximum atomic E-state index is 13.8. The second-order valence-electron chi connectivity index (χ2n) is 9.42. The Morgan fingerprint density at radius 3 is 2.49 bits per heavy atom. The summed E-state index contributed by atoms with van der Waals surface area (Å²) in [7, 11) is 3.22. The zero-order valence-corrected chi connectivity index (χ0v) is 22.2. The highest BCUT2D eigenvalue weighted by Crippen LogP contribution is 2.47. The van der Waals surface area contributed by atoms with Crippen molar-refractivity contribution in [3.05, 3.63) is 98.5 Å². The number of nitrogens with one attached hydrogen (secondary N) is 2. The number of methoxy groups -OCH3 is 2. The molecule has 0 spiro atoms. The van der Waals surface area contributed by atoms with Crippen LogP contribution in [0.4, 0.5) is 5.69 Å². The van der Waals surface area contributed by atoms with Crippen LogP contribution in [0.2, 0.25) is 0 Å². The monoisotopic (exact) mass is 514 g/mol. The maximum Gasteiger partial charge on any atom is 0.254 e. The quantitative estimate of drug-likeness (QED) is 0.417. The average Bonchev–Trinajstić information content (AvgIpc) is 3.43. The minimum absolute atomic E-state index is 0.00214. The number of carbonyl (C=O) groups is 2. The molecule has 5 rings (SSSR count). The standard InChI is InChI=1S/C30H30N2O4S/c1-17-8-5-6-9-21(17)32-30(34)27-18(2)31-22-14-20(19-11-12-24(35-3)25(16-19)36-4)15-23(33)28(22)29(27)26-10-7-13-37-26/h5-13,16,20,29,31H,14-15H2,1-4H3,(H,32,34)/t20-,29-/m1/s1. The summed E-state index contributed by atoms with van der Waals surface area (Å²) < 4.78 is 10.9. The van der Waals surface area contributed by atoms with Gasteiger partial charge in [0, 0.05) is 39.5 Å². The molecular weight excluding hydrogens is 484 g/mol. The molecule has 2 aromatic carbocycles. The first-order valence-electron chi connectivity index (χ1n) is 12.3. The summed E-state index contributed by atoms with van der Waals surface area (Å²) in [6, 6.07) is 17.5. The molecule has 37 heavy (non-hydrogen) atoms. The fourth-order valence-electron chi connectivity index (χ4n) is 5.33. The fourth-order valence-corrected chi connectivity index (χ4v) is 6.17. The van der Waals surface area contributed by atoms with Crippen LogP contribution in [-0.2, 0) is 9.59 Å². The Morgan fingerprint density at radius 2 is 1.78 bits per heavy atom. The average molecular weight is 515 g/mol. The Kier molecular flexibility index (Phi) is 6.89. The molecule has 0 saturated heterocycles. The lowest BCUT2D eigenvalue weighted by atomic mass is 9.73. The van der Waals surface area contributed by atoms with Crippen LogP contribution in [0.3, 0.4) is 0 Å². The lowest BCUT2D eigenvalue weighted by Crippen LogP contribution is -2.36. The number of aryl methyl sites for hydroxylation is 1. The van der Waals surface area contributed by atoms with E-state index in [4.69, 9.17) is 9.47 Å². The number of benzene rings is 2. The van der Waals surface area contributed by atoms with Crippen LogP contribution < -0.4 is 20.1 Å². The Bertz CT molecular complexity index is 1420. The number of dihydropyridines is 1. The van der Waals surface area contributed by atoms with Gasteiger partial charge in [0.05, 0.1) is 20.1 Å². The molecule has 2 aliphatic rings. The van der Waals surface area contributed by atoms with Crippen molar-refractivity contribution < 1.29 is 19.1 Å². The van der Waals surface area contributed by atoms with Crippen molar-refractivity contribution in [3.8, 4) is 11.5 Å². The Hall–Kier alpha value is -3.84. The molecule has 2 atom stereocenters. The number of hydrogen-bond acceptors (Lipinski definition) is 6. The third-order valence-electron chi connectivity index (χ3n) is 7.17. The topological polar surface area (TPSA) is 76.7 Å². The van der Waals surface area contributed by atoms with E-state index in [-0.39, 0.29) is 17.6 Å². The van der Waals surface area contributed by atoms with Gasteiger partial charge in [-0.25, -0.2) is 0 Å². The van der Waals surface area contributed by atoms with Crippen molar-refractivity contribution >= 4 is 28.7 Å². The second-order valence-corrected chi connectivity index (χ2v) is 10.4. The highest BCUT2D eigenvalue weighted by atomic mass is 32.1. The molecule has 0 bridgehead atoms. The van der Waals surface area contributed by atoms with Gasteiger partial charge in [0.1, 0.15) is 0 Å². The van der Waals surface area contributed by atoms with Crippen molar-refractivity contribution in [1.82, 2.24) is 5.32 Å². The predicted molar refractivity (Wildman–Crippen MR) is 146 cm³/mol. The first kappa shape index (κ1) is 24.8. The van der Waals surface area contributed by atoms with Crippen molar-refractivity contribution in [2.45, 2.75) is 38.5 Å². The first-order valence-corrected chi connectivity index (χ1v) is 13.2. The van der Waals surface area contributed by atoms with E-state index in [0.717, 1.165) is 33.1 Å². The van der Waals surface area contributed by atoms with Gasteiger partial charge in [0.25, 0.3) is 5.91 Å². The summed E-state index contributed by atoms with van der Waals surface area (Å²) in [5.74, 6) is 0.757. The van der Waals surface area contributed by atoms with E-state index in [1.165, 1.54) is 0 Å². The highest BCUT2D eigenvalue weighted by Gasteiger charge is 2.41. The van der Waals surface area contributed by atoms with Gasteiger partial charge < -0.3 is 20.1 Å². The molecule has 6 nitrogen and oxygen atoms in total. The van der Waals surface area contributed by atoms with Crippen LogP contribution >= 0.6 is 11.3 Å². The summed E-state index contributed by atoms with van der Waals surface area (Å²) in [6.07, 6.45) is 1.03. The zero-order valence-electron chi connectivity index (χ0n) is 21.4. The molecule has 7 heteroatoms. The van der Waals surface area contributed by atoms with Crippen LogP contribution in [0.5, 0.6) is 11.5 Å². The number of hydrogen-bond donors (Lipinski definition) is 2. The predicted octanol–water partition coefficient (Wildman–Crippen LogP) is 6.07. The largest absolute Gasteiger partial charge is 0.493 e. The lowest BCUT2D eigenvalue weighted by Gasteiger charge is -2.36. The lowest BCUT2D eigenvalue weighted by molar-refractivity contribution is -0.116. The number of ketones is 1. The number of Topliss-reactive ketones (excluding diaryl/α,β-unsaturated/α-hetero) is 1. The van der Waals surface area contributed by atoms with Gasteiger partial charge in [-0.1, -0.05) is 30.3 Å². The molecule has 1 amide bonds. The van der Waals surface area contributed by atoms with Crippen LogP contribution in [0.15, 0.2) is 82.5 Å². The van der Waals surface area contributed by atoms with Gasteiger partial charge in [-0.15, -0.1) is 11.3 Å². The van der Waals surface area contributed by atoms with E-state index in [1.54, 1.807) is 25.6 Å². The molecule has 0 unspecified atom stereocenters. The molecule has 1 aromatic heterocycles. The molecule has 2 heterocycles. The van der Waals surface area contributed by atoms with E-state index >= 15 is 0 Å². The van der Waals surface area contributed by atoms with Gasteiger partial charge in [-0.2, -0.15) is 0 Å². The fraction of sp³-hybridized carbons (Fsp3) is 0.267. The smallest absolute Gasteiger partial charge is 0.254 e. The Morgan fingerprint density at radius 1 is 1.00 bits per heavy atom. The molecule has 2 N–H and O–H groups in total. The highest BCUT2D eigenvalue weighted by molar-refractivity contribution is 7.10. The zero-order chi connectivity index (χ0) is 26.1. The number of amides is 1. The maximum absolute atomic E-state index is 13.8. The van der Waals surface area contributed by atoms with E-state index in [2.05, 4.69) is 10.6 Å². The number of rotatable bonds is 6. The van der Waals surface area contributed by atoms with Gasteiger partial charge in [0.15, 0.2) is 17.3 Å². The van der Waals surface area contributed by atoms with Crippen LogP contribution in [-0.4, -0.2) is 25.9 Å². The number of para-hydroxylation sites is 1. The first-order chi connectivity index (χ1) is 17.9. The third kappa shape index (κ3) is 4.67. The molecule has 190 valence electrons. The minimum atomic E-state index is -0.404. The van der Waals surface area contributed by atoms with Crippen molar-refractivity contribution in [3.63, 3.8) is 0 Å². The Labute approximate surface area is 221 Å². The summed E-state index contributed by atoms with van der Waals surface area (Å²) in [5.41, 5.74) is 5.71. The summed E-state index contributed by atoms with van der Waals surface area (Å²) >= 11 is 1.57. The molecule has 0 saturated carbocycles. The molecule has 1 aliphatic carbocycles. The summed E-state index contributed by atoms with van der Waals surface area (Å²) in [4.78, 5) is 28.4. The van der Waals surface area contributed by atoms with Gasteiger partial charge in [-0.3, -0.25) is 9.59 Å². The number of carbonyl (C=O) groups excluding carboxylic acids is 2. The van der Waals surface area contributed by atoms with E-state index in [0.29, 0.717) is 35.5 Å².